The second-order valence-electron chi connectivity index (χ2n) is 5.03. The molecule has 0 N–H and O–H groups in total. The molecule has 2 aliphatic rings. The summed E-state index contributed by atoms with van der Waals surface area (Å²) in [5, 5.41) is 1.85. The summed E-state index contributed by atoms with van der Waals surface area (Å²) in [6.07, 6.45) is 0. The zero-order valence-electron chi connectivity index (χ0n) is 11.1. The lowest BCUT2D eigenvalue weighted by atomic mass is 10.1. The molecule has 0 unspecified atom stereocenters. The van der Waals surface area contributed by atoms with E-state index >= 15 is 0 Å². The Morgan fingerprint density at radius 1 is 1.35 bits per heavy atom. The summed E-state index contributed by atoms with van der Waals surface area (Å²) in [4.78, 5) is 41.8. The van der Waals surface area contributed by atoms with Crippen molar-refractivity contribution in [1.82, 2.24) is 14.7 Å². The van der Waals surface area contributed by atoms with Gasteiger partial charge in [-0.3, -0.25) is 14.4 Å². The molecule has 1 atom stereocenters. The summed E-state index contributed by atoms with van der Waals surface area (Å²) in [6, 6.07) is 3.08. The Morgan fingerprint density at radius 3 is 2.85 bits per heavy atom. The van der Waals surface area contributed by atoms with Gasteiger partial charge in [0.15, 0.2) is 0 Å². The van der Waals surface area contributed by atoms with E-state index in [-0.39, 0.29) is 30.8 Å². The molecule has 1 aromatic rings. The van der Waals surface area contributed by atoms with Gasteiger partial charge in [0.25, 0.3) is 5.91 Å². The van der Waals surface area contributed by atoms with Crippen LogP contribution in [0.15, 0.2) is 17.5 Å². The Bertz CT molecular complexity index is 557. The van der Waals surface area contributed by atoms with Crippen LogP contribution in [0.2, 0.25) is 0 Å². The van der Waals surface area contributed by atoms with Crippen molar-refractivity contribution in [1.29, 1.82) is 0 Å². The number of fused-ring (bicyclic) bond motifs is 1. The van der Waals surface area contributed by atoms with Gasteiger partial charge in [-0.25, -0.2) is 0 Å². The Morgan fingerprint density at radius 2 is 2.15 bits per heavy atom. The standard InChI is InChI=1S/C13H15N3O3S/c1-14-8-11(17)16-5-4-15(7-9(16)12(14)18)13(19)10-3-2-6-20-10/h2-3,6,9H,4-5,7-8H2,1H3/t9-/m1/s1. The molecule has 0 saturated carbocycles. The summed E-state index contributed by atoms with van der Waals surface area (Å²) >= 11 is 1.39. The number of carbonyl (C=O) groups is 3. The van der Waals surface area contributed by atoms with Gasteiger partial charge in [-0.2, -0.15) is 0 Å². The molecule has 0 aliphatic carbocycles. The highest BCUT2D eigenvalue weighted by Crippen LogP contribution is 2.20. The van der Waals surface area contributed by atoms with E-state index in [2.05, 4.69) is 0 Å². The van der Waals surface area contributed by atoms with Crippen molar-refractivity contribution in [3.8, 4) is 0 Å². The predicted molar refractivity (Wildman–Crippen MR) is 73.4 cm³/mol. The molecule has 0 bridgehead atoms. The average molecular weight is 293 g/mol. The maximum absolute atomic E-state index is 12.3. The summed E-state index contributed by atoms with van der Waals surface area (Å²) in [5.74, 6) is -0.193. The molecule has 1 aromatic heterocycles. The van der Waals surface area contributed by atoms with E-state index in [0.29, 0.717) is 18.0 Å². The molecule has 106 valence electrons. The molecule has 2 aliphatic heterocycles. The van der Waals surface area contributed by atoms with E-state index < -0.39 is 6.04 Å². The monoisotopic (exact) mass is 293 g/mol. The smallest absolute Gasteiger partial charge is 0.264 e. The molecule has 2 saturated heterocycles. The van der Waals surface area contributed by atoms with E-state index in [1.54, 1.807) is 22.9 Å². The highest BCUT2D eigenvalue weighted by atomic mass is 32.1. The van der Waals surface area contributed by atoms with Crippen molar-refractivity contribution in [2.24, 2.45) is 0 Å². The molecule has 20 heavy (non-hydrogen) atoms. The largest absolute Gasteiger partial charge is 0.335 e. The third-order valence-corrected chi connectivity index (χ3v) is 4.61. The summed E-state index contributed by atoms with van der Waals surface area (Å²) < 4.78 is 0. The number of amides is 3. The van der Waals surface area contributed by atoms with Gasteiger partial charge in [0.1, 0.15) is 6.04 Å². The number of likely N-dealkylation sites (N-methyl/N-ethyl adjacent to an activating group) is 1. The molecule has 3 amide bonds. The van der Waals surface area contributed by atoms with Gasteiger partial charge >= 0.3 is 0 Å². The molecule has 7 heteroatoms. The number of hydrogen-bond acceptors (Lipinski definition) is 4. The van der Waals surface area contributed by atoms with Crippen LogP contribution in [0, 0.1) is 0 Å². The number of hydrogen-bond donors (Lipinski definition) is 0. The number of nitrogens with zero attached hydrogens (tertiary/aromatic N) is 3. The minimum atomic E-state index is -0.529. The molecule has 0 radical (unpaired) electrons. The fraction of sp³-hybridized carbons (Fsp3) is 0.462. The van der Waals surface area contributed by atoms with Crippen LogP contribution in [0.1, 0.15) is 9.67 Å². The first-order valence-corrected chi connectivity index (χ1v) is 7.33. The molecule has 3 rings (SSSR count). The quantitative estimate of drug-likeness (QED) is 0.725. The zero-order chi connectivity index (χ0) is 14.3. The summed E-state index contributed by atoms with van der Waals surface area (Å²) in [5.41, 5.74) is 0. The van der Waals surface area contributed by atoms with Crippen LogP contribution in [0.5, 0.6) is 0 Å². The van der Waals surface area contributed by atoms with E-state index in [0.717, 1.165) is 0 Å². The normalized spacial score (nSPS) is 23.1. The van der Waals surface area contributed by atoms with E-state index in [9.17, 15) is 14.4 Å². The minimum absolute atomic E-state index is 0.0414. The lowest BCUT2D eigenvalue weighted by Crippen LogP contribution is -2.66. The first-order valence-electron chi connectivity index (χ1n) is 6.45. The molecular weight excluding hydrogens is 278 g/mol. The average Bonchev–Trinajstić information content (AvgIpc) is 2.97. The van der Waals surface area contributed by atoms with Crippen LogP contribution in [0.25, 0.3) is 0 Å². The van der Waals surface area contributed by atoms with E-state index in [4.69, 9.17) is 0 Å². The van der Waals surface area contributed by atoms with Gasteiger partial charge in [0.05, 0.1) is 18.0 Å². The third-order valence-electron chi connectivity index (χ3n) is 3.75. The van der Waals surface area contributed by atoms with Crippen molar-refractivity contribution in [2.75, 3.05) is 33.2 Å². The van der Waals surface area contributed by atoms with Crippen LogP contribution in [-0.4, -0.2) is 71.7 Å². The van der Waals surface area contributed by atoms with Crippen molar-refractivity contribution < 1.29 is 14.4 Å². The first kappa shape index (κ1) is 13.1. The van der Waals surface area contributed by atoms with Crippen molar-refractivity contribution in [2.45, 2.75) is 6.04 Å². The fourth-order valence-electron chi connectivity index (χ4n) is 2.66. The Kier molecular flexibility index (Phi) is 3.21. The van der Waals surface area contributed by atoms with Crippen LogP contribution < -0.4 is 0 Å². The van der Waals surface area contributed by atoms with Gasteiger partial charge in [-0.05, 0) is 11.4 Å². The summed E-state index contributed by atoms with van der Waals surface area (Å²) in [7, 11) is 1.62. The predicted octanol–water partition coefficient (Wildman–Crippen LogP) is -0.127. The lowest BCUT2D eigenvalue weighted by molar-refractivity contribution is -0.157. The maximum Gasteiger partial charge on any atom is 0.264 e. The number of carbonyl (C=O) groups excluding carboxylic acids is 3. The van der Waals surface area contributed by atoms with E-state index in [1.165, 1.54) is 16.2 Å². The third kappa shape index (κ3) is 2.07. The highest BCUT2D eigenvalue weighted by molar-refractivity contribution is 7.12. The van der Waals surface area contributed by atoms with Crippen LogP contribution in [-0.2, 0) is 9.59 Å². The van der Waals surface area contributed by atoms with E-state index in [1.807, 2.05) is 11.4 Å². The maximum atomic E-state index is 12.3. The molecule has 2 fully saturated rings. The van der Waals surface area contributed by atoms with Crippen LogP contribution in [0.4, 0.5) is 0 Å². The Hall–Kier alpha value is -1.89. The molecule has 6 nitrogen and oxygen atoms in total. The topological polar surface area (TPSA) is 60.9 Å². The Balaban J connectivity index is 1.78. The molecule has 0 aromatic carbocycles. The van der Waals surface area contributed by atoms with Crippen molar-refractivity contribution in [3.05, 3.63) is 22.4 Å². The first-order chi connectivity index (χ1) is 9.58. The fourth-order valence-corrected chi connectivity index (χ4v) is 3.35. The second kappa shape index (κ2) is 4.90. The molecule has 0 spiro atoms. The number of rotatable bonds is 1. The van der Waals surface area contributed by atoms with Crippen molar-refractivity contribution in [3.63, 3.8) is 0 Å². The Labute approximate surface area is 120 Å². The van der Waals surface area contributed by atoms with Gasteiger partial charge in [0.2, 0.25) is 11.8 Å². The van der Waals surface area contributed by atoms with Crippen LogP contribution >= 0.6 is 11.3 Å². The second-order valence-corrected chi connectivity index (χ2v) is 5.97. The van der Waals surface area contributed by atoms with Gasteiger partial charge in [-0.15, -0.1) is 11.3 Å². The molecule has 3 heterocycles. The molecular formula is C13H15N3O3S. The SMILES string of the molecule is CN1CC(=O)N2CCN(C(=O)c3cccs3)C[C@@H]2C1=O. The van der Waals surface area contributed by atoms with Gasteiger partial charge < -0.3 is 14.7 Å². The van der Waals surface area contributed by atoms with Crippen molar-refractivity contribution >= 4 is 29.1 Å². The zero-order valence-corrected chi connectivity index (χ0v) is 11.9. The highest BCUT2D eigenvalue weighted by Gasteiger charge is 2.42. The number of piperazine rings is 2. The van der Waals surface area contributed by atoms with Crippen LogP contribution in [0.3, 0.4) is 0 Å². The lowest BCUT2D eigenvalue weighted by Gasteiger charge is -2.45. The van der Waals surface area contributed by atoms with Gasteiger partial charge in [-0.1, -0.05) is 6.07 Å². The number of thiophene rings is 1. The van der Waals surface area contributed by atoms with Gasteiger partial charge in [0, 0.05) is 20.1 Å². The minimum Gasteiger partial charge on any atom is -0.335 e. The summed E-state index contributed by atoms with van der Waals surface area (Å²) in [6.45, 7) is 1.33.